The first-order chi connectivity index (χ1) is 10.4. The number of hydrogen-bond donors (Lipinski definition) is 1. The molecule has 0 amide bonds. The maximum Gasteiger partial charge on any atom is 0.379 e. The van der Waals surface area contributed by atoms with Crippen LogP contribution in [0.15, 0.2) is 18.2 Å². The van der Waals surface area contributed by atoms with Crippen LogP contribution in [0.25, 0.3) is 0 Å². The van der Waals surface area contributed by atoms with Crippen molar-refractivity contribution >= 4 is 24.4 Å². The quantitative estimate of drug-likeness (QED) is 0.298. The minimum Gasteiger partial charge on any atom is -0.421 e. The van der Waals surface area contributed by atoms with Crippen molar-refractivity contribution in [1.29, 1.82) is 0 Å². The van der Waals surface area contributed by atoms with E-state index in [1.807, 2.05) is 12.1 Å². The number of fused-ring (bicyclic) bond motifs is 1. The third-order valence-corrected chi connectivity index (χ3v) is 4.48. The summed E-state index contributed by atoms with van der Waals surface area (Å²) >= 11 is 4.47. The molecule has 0 spiro atoms. The first-order valence-corrected chi connectivity index (χ1v) is 8.06. The summed E-state index contributed by atoms with van der Waals surface area (Å²) in [6.07, 6.45) is 2.79. The topological polar surface area (TPSA) is 52.6 Å². The van der Waals surface area contributed by atoms with Crippen molar-refractivity contribution in [3.05, 3.63) is 29.3 Å². The van der Waals surface area contributed by atoms with Gasteiger partial charge in [-0.2, -0.15) is 0 Å². The van der Waals surface area contributed by atoms with E-state index in [-0.39, 0.29) is 11.5 Å². The third kappa shape index (κ3) is 4.34. The Morgan fingerprint density at radius 3 is 2.64 bits per heavy atom. The standard InChI is InChI=1S/C17H22O4S/c1-10(2)17(22)21-15-7-5-12-8-14(6-4-13(12)9-15)20-16(19)11(3)18/h4,6,8,10,15,17,22H,5,7,9H2,1-3H3/t15-,17+/m0/s1. The Bertz CT molecular complexity index is 568. The average molecular weight is 322 g/mol. The van der Waals surface area contributed by atoms with Crippen LogP contribution in [-0.4, -0.2) is 23.3 Å². The Hall–Kier alpha value is -1.33. The number of thiol groups is 1. The van der Waals surface area contributed by atoms with Gasteiger partial charge in [-0.1, -0.05) is 19.9 Å². The second kappa shape index (κ2) is 7.29. The molecule has 5 heteroatoms. The number of esters is 1. The molecule has 1 aromatic rings. The Kier molecular flexibility index (Phi) is 5.64. The number of hydrogen-bond acceptors (Lipinski definition) is 5. The molecule has 0 aliphatic heterocycles. The fourth-order valence-corrected chi connectivity index (χ4v) is 2.58. The Morgan fingerprint density at radius 1 is 1.27 bits per heavy atom. The van der Waals surface area contributed by atoms with E-state index in [0.29, 0.717) is 11.7 Å². The summed E-state index contributed by atoms with van der Waals surface area (Å²) in [6.45, 7) is 5.37. The molecule has 0 saturated heterocycles. The van der Waals surface area contributed by atoms with E-state index in [9.17, 15) is 9.59 Å². The number of carbonyl (C=O) groups excluding carboxylic acids is 2. The van der Waals surface area contributed by atoms with Crippen molar-refractivity contribution in [1.82, 2.24) is 0 Å². The van der Waals surface area contributed by atoms with Gasteiger partial charge in [0.2, 0.25) is 5.78 Å². The van der Waals surface area contributed by atoms with Crippen molar-refractivity contribution < 1.29 is 19.1 Å². The SMILES string of the molecule is CC(=O)C(=O)Oc1ccc2c(c1)CC[C@H](O[C@H](S)C(C)C)C2. The number of ketones is 1. The van der Waals surface area contributed by atoms with E-state index in [2.05, 4.69) is 26.5 Å². The molecule has 0 fully saturated rings. The molecule has 0 radical (unpaired) electrons. The smallest absolute Gasteiger partial charge is 0.379 e. The van der Waals surface area contributed by atoms with Crippen molar-refractivity contribution in [2.75, 3.05) is 0 Å². The molecule has 0 aromatic heterocycles. The number of benzene rings is 1. The van der Waals surface area contributed by atoms with E-state index < -0.39 is 11.8 Å². The van der Waals surface area contributed by atoms with Crippen molar-refractivity contribution in [3.63, 3.8) is 0 Å². The molecule has 0 bridgehead atoms. The minimum atomic E-state index is -0.827. The predicted octanol–water partition coefficient (Wildman–Crippen LogP) is 2.97. The summed E-state index contributed by atoms with van der Waals surface area (Å²) in [7, 11) is 0. The highest BCUT2D eigenvalue weighted by atomic mass is 32.1. The van der Waals surface area contributed by atoms with Gasteiger partial charge in [0.15, 0.2) is 0 Å². The first kappa shape index (κ1) is 17.0. The molecule has 1 aromatic carbocycles. The van der Waals surface area contributed by atoms with Crippen LogP contribution in [0.2, 0.25) is 0 Å². The molecule has 4 nitrogen and oxygen atoms in total. The number of aryl methyl sites for hydroxylation is 1. The molecule has 22 heavy (non-hydrogen) atoms. The van der Waals surface area contributed by atoms with Crippen molar-refractivity contribution in [3.8, 4) is 5.75 Å². The highest BCUT2D eigenvalue weighted by Crippen LogP contribution is 2.28. The summed E-state index contributed by atoms with van der Waals surface area (Å²) in [4.78, 5) is 22.3. The van der Waals surface area contributed by atoms with Gasteiger partial charge in [0, 0.05) is 6.92 Å². The van der Waals surface area contributed by atoms with E-state index in [1.54, 1.807) is 6.07 Å². The second-order valence-corrected chi connectivity index (χ2v) is 6.52. The fraction of sp³-hybridized carbons (Fsp3) is 0.529. The third-order valence-electron chi connectivity index (χ3n) is 3.76. The zero-order valence-corrected chi connectivity index (χ0v) is 14.1. The van der Waals surface area contributed by atoms with Gasteiger partial charge in [-0.15, -0.1) is 12.6 Å². The predicted molar refractivity (Wildman–Crippen MR) is 87.3 cm³/mol. The fourth-order valence-electron chi connectivity index (χ4n) is 2.41. The van der Waals surface area contributed by atoms with Gasteiger partial charge in [-0.05, 0) is 48.4 Å². The Labute approximate surface area is 136 Å². The van der Waals surface area contributed by atoms with Crippen molar-refractivity contribution in [2.24, 2.45) is 5.92 Å². The van der Waals surface area contributed by atoms with Crippen LogP contribution >= 0.6 is 12.6 Å². The van der Waals surface area contributed by atoms with Gasteiger partial charge in [-0.25, -0.2) is 4.79 Å². The highest BCUT2D eigenvalue weighted by Gasteiger charge is 2.23. The Morgan fingerprint density at radius 2 is 2.00 bits per heavy atom. The normalized spacial score (nSPS) is 18.7. The molecule has 2 rings (SSSR count). The monoisotopic (exact) mass is 322 g/mol. The van der Waals surface area contributed by atoms with Crippen LogP contribution in [0.4, 0.5) is 0 Å². The van der Waals surface area contributed by atoms with E-state index in [1.165, 1.54) is 12.5 Å². The number of carbonyl (C=O) groups is 2. The lowest BCUT2D eigenvalue weighted by Gasteiger charge is -2.28. The molecular weight excluding hydrogens is 300 g/mol. The Balaban J connectivity index is 2.02. The van der Waals surface area contributed by atoms with Crippen molar-refractivity contribution in [2.45, 2.75) is 51.6 Å². The second-order valence-electron chi connectivity index (χ2n) is 6.01. The average Bonchev–Trinajstić information content (AvgIpc) is 2.47. The summed E-state index contributed by atoms with van der Waals surface area (Å²) in [5, 5.41) is 0. The minimum absolute atomic E-state index is 0.0534. The van der Waals surface area contributed by atoms with Crippen LogP contribution in [0.5, 0.6) is 5.75 Å². The van der Waals surface area contributed by atoms with E-state index in [4.69, 9.17) is 9.47 Å². The highest BCUT2D eigenvalue weighted by molar-refractivity contribution is 7.80. The summed E-state index contributed by atoms with van der Waals surface area (Å²) in [5.74, 6) is -0.628. The maximum atomic E-state index is 11.3. The zero-order chi connectivity index (χ0) is 16.3. The number of ether oxygens (including phenoxy) is 2. The van der Waals surface area contributed by atoms with E-state index in [0.717, 1.165) is 24.8 Å². The summed E-state index contributed by atoms with van der Waals surface area (Å²) in [6, 6.07) is 5.51. The molecular formula is C17H22O4S. The van der Waals surface area contributed by atoms with Crippen LogP contribution in [-0.2, 0) is 27.2 Å². The largest absolute Gasteiger partial charge is 0.421 e. The first-order valence-electron chi connectivity index (χ1n) is 7.55. The molecule has 1 aliphatic rings. The van der Waals surface area contributed by atoms with E-state index >= 15 is 0 Å². The van der Waals surface area contributed by atoms with Crippen LogP contribution < -0.4 is 4.74 Å². The van der Waals surface area contributed by atoms with Gasteiger partial charge >= 0.3 is 5.97 Å². The molecule has 0 N–H and O–H groups in total. The van der Waals surface area contributed by atoms with Crippen LogP contribution in [0.1, 0.15) is 38.3 Å². The number of rotatable bonds is 5. The van der Waals surface area contributed by atoms with Gasteiger partial charge in [0.1, 0.15) is 11.2 Å². The molecule has 0 unspecified atom stereocenters. The number of Topliss-reactive ketones (excluding diaryl/α,β-unsaturated/α-hetero) is 1. The molecule has 0 heterocycles. The molecule has 2 atom stereocenters. The van der Waals surface area contributed by atoms with Crippen LogP contribution in [0, 0.1) is 5.92 Å². The molecule has 0 saturated carbocycles. The van der Waals surface area contributed by atoms with Gasteiger partial charge in [-0.3, -0.25) is 4.79 Å². The lowest BCUT2D eigenvalue weighted by Crippen LogP contribution is -2.28. The summed E-state index contributed by atoms with van der Waals surface area (Å²) in [5.41, 5.74) is 2.29. The lowest BCUT2D eigenvalue weighted by atomic mass is 9.89. The lowest BCUT2D eigenvalue weighted by molar-refractivity contribution is -0.146. The maximum absolute atomic E-state index is 11.3. The van der Waals surface area contributed by atoms with Gasteiger partial charge < -0.3 is 9.47 Å². The molecule has 120 valence electrons. The zero-order valence-electron chi connectivity index (χ0n) is 13.2. The van der Waals surface area contributed by atoms with Crippen LogP contribution in [0.3, 0.4) is 0 Å². The van der Waals surface area contributed by atoms with Gasteiger partial charge in [0.25, 0.3) is 0 Å². The summed E-state index contributed by atoms with van der Waals surface area (Å²) < 4.78 is 11.0. The molecule has 1 aliphatic carbocycles. The van der Waals surface area contributed by atoms with Gasteiger partial charge in [0.05, 0.1) is 6.10 Å².